The van der Waals surface area contributed by atoms with Gasteiger partial charge in [0.15, 0.2) is 0 Å². The zero-order valence-electron chi connectivity index (χ0n) is 14.1. The molecule has 1 aliphatic heterocycles. The molecule has 0 saturated carbocycles. The molecule has 2 N–H and O–H groups in total. The first-order chi connectivity index (χ1) is 10.3. The van der Waals surface area contributed by atoms with E-state index < -0.39 is 0 Å². The van der Waals surface area contributed by atoms with Crippen molar-refractivity contribution in [3.05, 3.63) is 40.9 Å². The van der Waals surface area contributed by atoms with Gasteiger partial charge in [0.25, 0.3) is 0 Å². The number of hydrogen-bond donors (Lipinski definition) is 2. The molecule has 120 valence electrons. The summed E-state index contributed by atoms with van der Waals surface area (Å²) < 4.78 is 12.3. The summed E-state index contributed by atoms with van der Waals surface area (Å²) in [6.07, 6.45) is 2.07. The third-order valence-electron chi connectivity index (χ3n) is 4.42. The van der Waals surface area contributed by atoms with Gasteiger partial charge in [-0.05, 0) is 57.4 Å². The van der Waals surface area contributed by atoms with Crippen LogP contribution in [0.15, 0.2) is 29.7 Å². The highest BCUT2D eigenvalue weighted by Gasteiger charge is 2.52. The Balaban J connectivity index is 2.29. The fourth-order valence-corrected chi connectivity index (χ4v) is 2.40. The van der Waals surface area contributed by atoms with Gasteiger partial charge in [0.05, 0.1) is 17.8 Å². The fraction of sp³-hybridized carbons (Fsp3) is 0.529. The third kappa shape index (κ3) is 3.61. The Morgan fingerprint density at radius 1 is 1.23 bits per heavy atom. The van der Waals surface area contributed by atoms with Crippen LogP contribution in [0, 0.1) is 0 Å². The van der Waals surface area contributed by atoms with Crippen LogP contribution in [0.4, 0.5) is 0 Å². The van der Waals surface area contributed by atoms with E-state index in [0.717, 1.165) is 16.6 Å². The molecule has 4 nitrogen and oxygen atoms in total. The number of aliphatic hydroxyl groups excluding tert-OH is 1. The monoisotopic (exact) mass is 303 g/mol. The lowest BCUT2D eigenvalue weighted by molar-refractivity contribution is 0.00578. The van der Waals surface area contributed by atoms with Gasteiger partial charge >= 0.3 is 7.12 Å². The standard InChI is InChI=1S/C17H26BNO3/c1-16(2)17(3,4)22-18(21-16)15(11-19-5)10-13-7-6-8-14(9-13)12-20/h6-10,19-20H,11-12H2,1-5H3. The maximum atomic E-state index is 9.27. The zero-order valence-corrected chi connectivity index (χ0v) is 14.1. The number of aliphatic hydroxyl groups is 1. The quantitative estimate of drug-likeness (QED) is 0.820. The molecule has 0 amide bonds. The van der Waals surface area contributed by atoms with Crippen molar-refractivity contribution in [2.75, 3.05) is 13.6 Å². The van der Waals surface area contributed by atoms with Gasteiger partial charge in [-0.15, -0.1) is 0 Å². The normalized spacial score (nSPS) is 20.5. The van der Waals surface area contributed by atoms with E-state index in [-0.39, 0.29) is 24.9 Å². The molecule has 5 heteroatoms. The minimum atomic E-state index is -0.366. The fourth-order valence-electron chi connectivity index (χ4n) is 2.40. The van der Waals surface area contributed by atoms with Crippen LogP contribution in [0.2, 0.25) is 0 Å². The van der Waals surface area contributed by atoms with Crippen LogP contribution in [-0.4, -0.2) is 37.0 Å². The van der Waals surface area contributed by atoms with Crippen LogP contribution >= 0.6 is 0 Å². The molecule has 1 aromatic rings. The highest BCUT2D eigenvalue weighted by atomic mass is 16.7. The highest BCUT2D eigenvalue weighted by Crippen LogP contribution is 2.38. The number of rotatable bonds is 5. The van der Waals surface area contributed by atoms with Crippen LogP contribution in [0.1, 0.15) is 38.8 Å². The summed E-state index contributed by atoms with van der Waals surface area (Å²) in [4.78, 5) is 0. The number of nitrogens with one attached hydrogen (secondary N) is 1. The Hall–Kier alpha value is -1.14. The summed E-state index contributed by atoms with van der Waals surface area (Å²) in [5, 5.41) is 12.4. The van der Waals surface area contributed by atoms with Crippen molar-refractivity contribution < 1.29 is 14.4 Å². The minimum absolute atomic E-state index is 0.0412. The van der Waals surface area contributed by atoms with Gasteiger partial charge in [0, 0.05) is 6.54 Å². The minimum Gasteiger partial charge on any atom is -0.400 e. The second kappa shape index (κ2) is 6.55. The van der Waals surface area contributed by atoms with Crippen LogP contribution in [0.5, 0.6) is 0 Å². The van der Waals surface area contributed by atoms with Crippen molar-refractivity contribution in [3.63, 3.8) is 0 Å². The molecule has 1 heterocycles. The molecule has 22 heavy (non-hydrogen) atoms. The van der Waals surface area contributed by atoms with Gasteiger partial charge in [-0.2, -0.15) is 0 Å². The van der Waals surface area contributed by atoms with Crippen molar-refractivity contribution in [3.8, 4) is 0 Å². The van der Waals surface area contributed by atoms with Crippen molar-refractivity contribution in [2.24, 2.45) is 0 Å². The van der Waals surface area contributed by atoms with E-state index in [4.69, 9.17) is 9.31 Å². The first kappa shape index (κ1) is 17.2. The van der Waals surface area contributed by atoms with E-state index in [1.165, 1.54) is 0 Å². The summed E-state index contributed by atoms with van der Waals surface area (Å²) in [6.45, 7) is 8.93. The molecule has 1 aromatic carbocycles. The van der Waals surface area contributed by atoms with E-state index in [2.05, 4.69) is 39.1 Å². The number of likely N-dealkylation sites (N-methyl/N-ethyl adjacent to an activating group) is 1. The van der Waals surface area contributed by atoms with E-state index in [9.17, 15) is 5.11 Å². The molecule has 1 fully saturated rings. The van der Waals surface area contributed by atoms with E-state index in [1.54, 1.807) is 0 Å². The maximum absolute atomic E-state index is 9.27. The second-order valence-electron chi connectivity index (χ2n) is 6.74. The Labute approximate surface area is 133 Å². The Kier molecular flexibility index (Phi) is 5.12. The van der Waals surface area contributed by atoms with Gasteiger partial charge < -0.3 is 19.7 Å². The molecular weight excluding hydrogens is 277 g/mol. The lowest BCUT2D eigenvalue weighted by atomic mass is 9.77. The lowest BCUT2D eigenvalue weighted by Gasteiger charge is -2.32. The van der Waals surface area contributed by atoms with Crippen LogP contribution in [0.25, 0.3) is 6.08 Å². The summed E-state index contributed by atoms with van der Waals surface area (Å²) >= 11 is 0. The average Bonchev–Trinajstić information content (AvgIpc) is 2.67. The second-order valence-corrected chi connectivity index (χ2v) is 6.74. The number of benzene rings is 1. The lowest BCUT2D eigenvalue weighted by Crippen LogP contribution is -2.41. The Morgan fingerprint density at radius 2 is 1.86 bits per heavy atom. The van der Waals surface area contributed by atoms with Gasteiger partial charge in [0.1, 0.15) is 0 Å². The molecule has 0 spiro atoms. The van der Waals surface area contributed by atoms with E-state index in [0.29, 0.717) is 6.54 Å². The maximum Gasteiger partial charge on any atom is 0.491 e. The first-order valence-electron chi connectivity index (χ1n) is 7.69. The van der Waals surface area contributed by atoms with E-state index in [1.807, 2.05) is 31.3 Å². The molecule has 1 saturated heterocycles. The van der Waals surface area contributed by atoms with E-state index >= 15 is 0 Å². The van der Waals surface area contributed by atoms with Crippen molar-refractivity contribution in [2.45, 2.75) is 45.5 Å². The Bertz CT molecular complexity index is 539. The van der Waals surface area contributed by atoms with Crippen LogP contribution in [0.3, 0.4) is 0 Å². The molecule has 0 unspecified atom stereocenters. The average molecular weight is 303 g/mol. The molecule has 0 bridgehead atoms. The predicted octanol–water partition coefficient (Wildman–Crippen LogP) is 2.41. The van der Waals surface area contributed by atoms with Crippen molar-refractivity contribution >= 4 is 13.2 Å². The molecule has 2 rings (SSSR count). The predicted molar refractivity (Wildman–Crippen MR) is 90.4 cm³/mol. The van der Waals surface area contributed by atoms with Crippen molar-refractivity contribution in [1.29, 1.82) is 0 Å². The van der Waals surface area contributed by atoms with Crippen molar-refractivity contribution in [1.82, 2.24) is 5.32 Å². The van der Waals surface area contributed by atoms with Gasteiger partial charge in [-0.3, -0.25) is 0 Å². The molecular formula is C17H26BNO3. The summed E-state index contributed by atoms with van der Waals surface area (Å²) in [5.74, 6) is 0. The van der Waals surface area contributed by atoms with Gasteiger partial charge in [-0.25, -0.2) is 0 Å². The topological polar surface area (TPSA) is 50.7 Å². The van der Waals surface area contributed by atoms with Crippen LogP contribution in [-0.2, 0) is 15.9 Å². The summed E-state index contributed by atoms with van der Waals surface area (Å²) in [7, 11) is 1.54. The molecule has 1 aliphatic rings. The Morgan fingerprint density at radius 3 is 2.41 bits per heavy atom. The molecule has 0 atom stereocenters. The van der Waals surface area contributed by atoms with Gasteiger partial charge in [-0.1, -0.05) is 24.3 Å². The smallest absolute Gasteiger partial charge is 0.400 e. The summed E-state index contributed by atoms with van der Waals surface area (Å²) in [6, 6.07) is 7.84. The molecule has 0 aromatic heterocycles. The zero-order chi connectivity index (χ0) is 16.4. The molecule has 0 aliphatic carbocycles. The highest BCUT2D eigenvalue weighted by molar-refractivity contribution is 6.55. The first-order valence-corrected chi connectivity index (χ1v) is 7.69. The SMILES string of the molecule is CNCC(=Cc1cccc(CO)c1)B1OC(C)(C)C(C)(C)O1. The third-order valence-corrected chi connectivity index (χ3v) is 4.42. The number of hydrogen-bond acceptors (Lipinski definition) is 4. The summed E-state index contributed by atoms with van der Waals surface area (Å²) in [5.41, 5.74) is 2.27. The van der Waals surface area contributed by atoms with Crippen LogP contribution < -0.4 is 5.32 Å². The van der Waals surface area contributed by atoms with Gasteiger partial charge in [0.2, 0.25) is 0 Å². The molecule has 0 radical (unpaired) electrons. The largest absolute Gasteiger partial charge is 0.491 e.